The number of carbonyl (C=O) groups is 2. The quantitative estimate of drug-likeness (QED) is 0.811. The highest BCUT2D eigenvalue weighted by atomic mass is 35.5. The summed E-state index contributed by atoms with van der Waals surface area (Å²) in [5.41, 5.74) is 6.77. The number of aliphatic imine (C=N–C) groups is 1. The van der Waals surface area contributed by atoms with Gasteiger partial charge in [-0.2, -0.15) is 5.10 Å². The number of nitrogens with two attached hydrogens (primary N) is 1. The van der Waals surface area contributed by atoms with Crippen molar-refractivity contribution >= 4 is 29.3 Å². The summed E-state index contributed by atoms with van der Waals surface area (Å²) >= 11 is 5.84. The van der Waals surface area contributed by atoms with Gasteiger partial charge in [-0.3, -0.25) is 24.2 Å². The fourth-order valence-corrected chi connectivity index (χ4v) is 3.12. The first-order valence-electron chi connectivity index (χ1n) is 7.99. The number of rotatable bonds is 4. The highest BCUT2D eigenvalue weighted by molar-refractivity contribution is 6.29. The van der Waals surface area contributed by atoms with Gasteiger partial charge in [-0.1, -0.05) is 11.6 Å². The van der Waals surface area contributed by atoms with E-state index in [1.807, 2.05) is 0 Å². The molecule has 2 aromatic rings. The largest absolute Gasteiger partial charge is 0.369 e. The fourth-order valence-electron chi connectivity index (χ4n) is 2.90. The van der Waals surface area contributed by atoms with Crippen LogP contribution in [-0.4, -0.2) is 44.4 Å². The molecular weight excluding hydrogens is 356 g/mol. The van der Waals surface area contributed by atoms with Crippen LogP contribution in [0.5, 0.6) is 0 Å². The molecule has 0 aromatic carbocycles. The van der Waals surface area contributed by atoms with E-state index in [-0.39, 0.29) is 35.6 Å². The summed E-state index contributed by atoms with van der Waals surface area (Å²) in [6.45, 7) is 1.81. The maximum Gasteiger partial charge on any atom is 0.231 e. The Labute approximate surface area is 155 Å². The number of Topliss-reactive ketones (excluding diaryl/α,β-unsaturated/α-hetero) is 1. The summed E-state index contributed by atoms with van der Waals surface area (Å²) in [5.74, 6) is -0.0963. The van der Waals surface area contributed by atoms with Crippen LogP contribution in [0.15, 0.2) is 29.4 Å². The Morgan fingerprint density at radius 3 is 2.73 bits per heavy atom. The number of hydrogen-bond acceptors (Lipinski definition) is 6. The average Bonchev–Trinajstić information content (AvgIpc) is 2.91. The van der Waals surface area contributed by atoms with Gasteiger partial charge in [-0.15, -0.1) is 0 Å². The molecule has 3 rings (SSSR count). The monoisotopic (exact) mass is 374 g/mol. The molecule has 1 aliphatic heterocycles. The van der Waals surface area contributed by atoms with Crippen LogP contribution in [-0.2, 0) is 23.8 Å². The zero-order valence-corrected chi connectivity index (χ0v) is 15.5. The highest BCUT2D eigenvalue weighted by Crippen LogP contribution is 2.32. The summed E-state index contributed by atoms with van der Waals surface area (Å²) in [6.07, 6.45) is 1.92. The molecule has 0 saturated heterocycles. The van der Waals surface area contributed by atoms with Gasteiger partial charge >= 0.3 is 0 Å². The molecule has 0 spiro atoms. The minimum Gasteiger partial charge on any atom is -0.369 e. The first-order chi connectivity index (χ1) is 12.2. The lowest BCUT2D eigenvalue weighted by Crippen LogP contribution is -2.47. The second-order valence-electron chi connectivity index (χ2n) is 6.50. The molecule has 0 aliphatic carbocycles. The van der Waals surface area contributed by atoms with Crippen molar-refractivity contribution in [3.8, 4) is 0 Å². The Morgan fingerprint density at radius 1 is 1.38 bits per heavy atom. The van der Waals surface area contributed by atoms with Crippen LogP contribution < -0.4 is 5.73 Å². The maximum atomic E-state index is 12.5. The molecule has 8 nitrogen and oxygen atoms in total. The molecule has 1 atom stereocenters. The van der Waals surface area contributed by atoms with Gasteiger partial charge in [0.15, 0.2) is 16.9 Å². The lowest BCUT2D eigenvalue weighted by atomic mass is 9.90. The van der Waals surface area contributed by atoms with E-state index in [9.17, 15) is 9.59 Å². The van der Waals surface area contributed by atoms with Crippen LogP contribution in [0, 0.1) is 0 Å². The number of halogens is 1. The number of aryl methyl sites for hydroxylation is 1. The molecule has 9 heteroatoms. The van der Waals surface area contributed by atoms with Crippen LogP contribution in [0.4, 0.5) is 0 Å². The van der Waals surface area contributed by atoms with Crippen molar-refractivity contribution in [2.45, 2.75) is 25.3 Å². The Kier molecular flexibility index (Phi) is 4.53. The summed E-state index contributed by atoms with van der Waals surface area (Å²) in [6, 6.07) is 5.08. The summed E-state index contributed by atoms with van der Waals surface area (Å²) in [4.78, 5) is 34.8. The summed E-state index contributed by atoms with van der Waals surface area (Å²) in [7, 11) is 3.25. The van der Waals surface area contributed by atoms with Crippen LogP contribution >= 0.6 is 11.6 Å². The van der Waals surface area contributed by atoms with E-state index in [0.717, 1.165) is 5.56 Å². The number of pyridine rings is 1. The number of aromatic nitrogens is 3. The molecule has 3 heterocycles. The zero-order valence-electron chi connectivity index (χ0n) is 14.7. The molecule has 136 valence electrons. The Hall–Kier alpha value is -2.74. The molecule has 0 radical (unpaired) electrons. The molecular formula is C17H19ClN6O2. The third-order valence-electron chi connectivity index (χ3n) is 4.45. The van der Waals surface area contributed by atoms with Gasteiger partial charge in [0.25, 0.3) is 0 Å². The molecule has 1 unspecified atom stereocenters. The van der Waals surface area contributed by atoms with E-state index in [2.05, 4.69) is 15.1 Å². The van der Waals surface area contributed by atoms with E-state index in [0.29, 0.717) is 11.4 Å². The van der Waals surface area contributed by atoms with Crippen molar-refractivity contribution in [2.75, 3.05) is 7.05 Å². The Morgan fingerprint density at radius 2 is 2.12 bits per heavy atom. The number of carbonyl (C=O) groups excluding carboxylic acids is 2. The van der Waals surface area contributed by atoms with Gasteiger partial charge in [0.1, 0.15) is 11.2 Å². The first-order valence-corrected chi connectivity index (χ1v) is 8.37. The average molecular weight is 375 g/mol. The minimum atomic E-state index is -0.859. The summed E-state index contributed by atoms with van der Waals surface area (Å²) in [5, 5.41) is 4.25. The van der Waals surface area contributed by atoms with E-state index in [1.165, 1.54) is 15.6 Å². The molecule has 1 aliphatic rings. The zero-order chi connectivity index (χ0) is 19.1. The van der Waals surface area contributed by atoms with E-state index < -0.39 is 5.54 Å². The molecule has 0 bridgehead atoms. The van der Waals surface area contributed by atoms with Gasteiger partial charge in [0, 0.05) is 32.8 Å². The predicted molar refractivity (Wildman–Crippen MR) is 96.9 cm³/mol. The highest BCUT2D eigenvalue weighted by Gasteiger charge is 2.37. The van der Waals surface area contributed by atoms with Crippen LogP contribution in [0.25, 0.3) is 0 Å². The van der Waals surface area contributed by atoms with Crippen LogP contribution in [0.1, 0.15) is 35.1 Å². The number of nitrogens with zero attached hydrogens (tertiary/aromatic N) is 5. The van der Waals surface area contributed by atoms with E-state index in [1.54, 1.807) is 39.3 Å². The van der Waals surface area contributed by atoms with Crippen LogP contribution in [0.2, 0.25) is 5.15 Å². The smallest absolute Gasteiger partial charge is 0.231 e. The van der Waals surface area contributed by atoms with Gasteiger partial charge in [0.2, 0.25) is 5.91 Å². The van der Waals surface area contributed by atoms with Crippen molar-refractivity contribution in [2.24, 2.45) is 17.8 Å². The van der Waals surface area contributed by atoms with Crippen molar-refractivity contribution in [3.63, 3.8) is 0 Å². The van der Waals surface area contributed by atoms with E-state index >= 15 is 0 Å². The van der Waals surface area contributed by atoms with Crippen molar-refractivity contribution in [1.82, 2.24) is 19.7 Å². The number of hydrogen-bond donors (Lipinski definition) is 1. The van der Waals surface area contributed by atoms with Crippen LogP contribution in [0.3, 0.4) is 0 Å². The molecule has 0 fully saturated rings. The van der Waals surface area contributed by atoms with Gasteiger partial charge in [0.05, 0.1) is 12.1 Å². The predicted octanol–water partition coefficient (Wildman–Crippen LogP) is 1.29. The molecule has 2 aromatic heterocycles. The number of ketones is 1. The maximum absolute atomic E-state index is 12.5. The lowest BCUT2D eigenvalue weighted by molar-refractivity contribution is -0.128. The summed E-state index contributed by atoms with van der Waals surface area (Å²) < 4.78 is 1.45. The standard InChI is InChI=1S/C17H19ClN6O2/c1-17(9-15(26)23(2)16(19)21-17)13-7-10(4-5-20-13)6-12(25)11-8-14(18)22-24(11)3/h4-5,7-8H,6,9H2,1-3H3,(H2,19,21). The first kappa shape index (κ1) is 18.1. The topological polar surface area (TPSA) is 106 Å². The van der Waals surface area contributed by atoms with E-state index in [4.69, 9.17) is 17.3 Å². The fraction of sp³-hybridized carbons (Fsp3) is 0.353. The molecule has 1 amide bonds. The molecule has 26 heavy (non-hydrogen) atoms. The lowest BCUT2D eigenvalue weighted by Gasteiger charge is -2.32. The second kappa shape index (κ2) is 6.53. The third kappa shape index (κ3) is 3.32. The van der Waals surface area contributed by atoms with Gasteiger partial charge in [-0.25, -0.2) is 4.99 Å². The minimum absolute atomic E-state index is 0.114. The van der Waals surface area contributed by atoms with Crippen molar-refractivity contribution in [3.05, 3.63) is 46.5 Å². The molecule has 2 N–H and O–H groups in total. The normalized spacial score (nSPS) is 20.2. The van der Waals surface area contributed by atoms with Gasteiger partial charge < -0.3 is 5.73 Å². The number of amides is 1. The van der Waals surface area contributed by atoms with Crippen molar-refractivity contribution < 1.29 is 9.59 Å². The SMILES string of the molecule is CN1C(=O)CC(C)(c2cc(CC(=O)c3cc(Cl)nn3C)ccn2)N=C1N. The molecule has 0 saturated carbocycles. The van der Waals surface area contributed by atoms with Gasteiger partial charge in [-0.05, 0) is 24.6 Å². The number of guanidine groups is 1. The Bertz CT molecular complexity index is 922. The second-order valence-corrected chi connectivity index (χ2v) is 6.89. The third-order valence-corrected chi connectivity index (χ3v) is 4.64. The Balaban J connectivity index is 1.88. The van der Waals surface area contributed by atoms with Crippen molar-refractivity contribution in [1.29, 1.82) is 0 Å².